The van der Waals surface area contributed by atoms with Gasteiger partial charge in [-0.25, -0.2) is 4.79 Å². The lowest BCUT2D eigenvalue weighted by Crippen LogP contribution is -2.00. The molecule has 0 aromatic heterocycles. The van der Waals surface area contributed by atoms with Gasteiger partial charge in [-0.3, -0.25) is 10.1 Å². The number of rotatable bonds is 4. The fourth-order valence-electron chi connectivity index (χ4n) is 1.86. The lowest BCUT2D eigenvalue weighted by molar-refractivity contribution is -0.385. The molecule has 2 aromatic rings. The monoisotopic (exact) mass is 317 g/mol. The average molecular weight is 318 g/mol. The summed E-state index contributed by atoms with van der Waals surface area (Å²) >= 11 is 5.87. The molecule has 0 N–H and O–H groups in total. The second-order valence-corrected chi connectivity index (χ2v) is 4.84. The van der Waals surface area contributed by atoms with Gasteiger partial charge in [-0.1, -0.05) is 29.8 Å². The van der Waals surface area contributed by atoms with Crippen LogP contribution in [0.3, 0.4) is 0 Å². The minimum absolute atomic E-state index is 0.0215. The molecule has 112 valence electrons. The van der Waals surface area contributed by atoms with Gasteiger partial charge in [0.15, 0.2) is 0 Å². The number of ether oxygens (including phenoxy) is 1. The molecule has 0 unspecified atom stereocenters. The highest BCUT2D eigenvalue weighted by atomic mass is 35.5. The fraction of sp³-hybridized carbons (Fsp3) is 0.0625. The van der Waals surface area contributed by atoms with Gasteiger partial charge in [0.25, 0.3) is 5.69 Å². The Hall–Kier alpha value is -2.66. The molecule has 6 heteroatoms. The van der Waals surface area contributed by atoms with Crippen molar-refractivity contribution < 1.29 is 14.5 Å². The summed E-state index contributed by atoms with van der Waals surface area (Å²) in [5.74, 6) is -0.416. The molecule has 5 nitrogen and oxygen atoms in total. The first-order valence-electron chi connectivity index (χ1n) is 6.31. The third kappa shape index (κ3) is 3.71. The first kappa shape index (κ1) is 15.7. The van der Waals surface area contributed by atoms with Crippen LogP contribution in [0.2, 0.25) is 5.02 Å². The Labute approximate surface area is 131 Å². The van der Waals surface area contributed by atoms with Crippen LogP contribution in [-0.2, 0) is 4.74 Å². The number of carbonyl (C=O) groups excluding carboxylic acids is 1. The molecule has 22 heavy (non-hydrogen) atoms. The third-order valence-electron chi connectivity index (χ3n) is 2.97. The number of hydrogen-bond donors (Lipinski definition) is 0. The zero-order valence-corrected chi connectivity index (χ0v) is 12.4. The van der Waals surface area contributed by atoms with Crippen molar-refractivity contribution >= 4 is 35.4 Å². The molecule has 0 saturated carbocycles. The fourth-order valence-corrected chi connectivity index (χ4v) is 2.04. The van der Waals surface area contributed by atoms with Gasteiger partial charge < -0.3 is 4.74 Å². The van der Waals surface area contributed by atoms with Gasteiger partial charge in [-0.05, 0) is 35.9 Å². The van der Waals surface area contributed by atoms with E-state index in [0.717, 1.165) is 5.56 Å². The first-order chi connectivity index (χ1) is 10.5. The molecule has 0 bridgehead atoms. The van der Waals surface area contributed by atoms with Gasteiger partial charge in [-0.15, -0.1) is 0 Å². The van der Waals surface area contributed by atoms with Crippen molar-refractivity contribution in [3.05, 3.63) is 74.3 Å². The lowest BCUT2D eigenvalue weighted by Gasteiger charge is -2.00. The standard InChI is InChI=1S/C16H12ClNO4/c1-22-16(19)12-5-2-11(3-6-12)4-7-13-10-14(17)8-9-15(13)18(20)21/h2-10H,1H3. The zero-order valence-electron chi connectivity index (χ0n) is 11.7. The second-order valence-electron chi connectivity index (χ2n) is 4.41. The number of hydrogen-bond acceptors (Lipinski definition) is 4. The minimum atomic E-state index is -0.462. The summed E-state index contributed by atoms with van der Waals surface area (Å²) in [5, 5.41) is 11.4. The quantitative estimate of drug-likeness (QED) is 0.366. The van der Waals surface area contributed by atoms with Crippen LogP contribution in [0.25, 0.3) is 12.2 Å². The van der Waals surface area contributed by atoms with Crippen molar-refractivity contribution in [2.75, 3.05) is 7.11 Å². The molecule has 0 spiro atoms. The molecule has 0 aliphatic rings. The normalized spacial score (nSPS) is 10.6. The number of esters is 1. The number of nitro benzene ring substituents is 1. The van der Waals surface area contributed by atoms with E-state index in [-0.39, 0.29) is 5.69 Å². The summed E-state index contributed by atoms with van der Waals surface area (Å²) in [4.78, 5) is 21.8. The largest absolute Gasteiger partial charge is 0.465 e. The number of halogens is 1. The van der Waals surface area contributed by atoms with E-state index >= 15 is 0 Å². The summed E-state index contributed by atoms with van der Waals surface area (Å²) in [5.41, 5.74) is 1.62. The lowest BCUT2D eigenvalue weighted by atomic mass is 10.1. The van der Waals surface area contributed by atoms with Crippen molar-refractivity contribution in [3.63, 3.8) is 0 Å². The molecular weight excluding hydrogens is 306 g/mol. The number of carbonyl (C=O) groups is 1. The van der Waals surface area contributed by atoms with Gasteiger partial charge in [0.2, 0.25) is 0 Å². The van der Waals surface area contributed by atoms with Crippen molar-refractivity contribution in [1.29, 1.82) is 0 Å². The summed E-state index contributed by atoms with van der Waals surface area (Å²) in [6.45, 7) is 0. The molecule has 0 saturated heterocycles. The highest BCUT2D eigenvalue weighted by Crippen LogP contribution is 2.24. The number of benzene rings is 2. The first-order valence-corrected chi connectivity index (χ1v) is 6.69. The Morgan fingerprint density at radius 3 is 2.45 bits per heavy atom. The van der Waals surface area contributed by atoms with Crippen LogP contribution >= 0.6 is 11.6 Å². The average Bonchev–Trinajstić information content (AvgIpc) is 2.52. The van der Waals surface area contributed by atoms with Gasteiger partial charge in [-0.2, -0.15) is 0 Å². The smallest absolute Gasteiger partial charge is 0.337 e. The van der Waals surface area contributed by atoms with E-state index in [1.165, 1.54) is 25.3 Å². The zero-order chi connectivity index (χ0) is 16.1. The maximum Gasteiger partial charge on any atom is 0.337 e. The molecule has 0 atom stereocenters. The summed E-state index contributed by atoms with van der Waals surface area (Å²) in [7, 11) is 1.31. The molecular formula is C16H12ClNO4. The molecule has 0 aliphatic heterocycles. The van der Waals surface area contributed by atoms with Crippen LogP contribution in [0.1, 0.15) is 21.5 Å². The van der Waals surface area contributed by atoms with Crippen LogP contribution in [0, 0.1) is 10.1 Å². The predicted molar refractivity (Wildman–Crippen MR) is 84.8 cm³/mol. The Kier molecular flexibility index (Phi) is 4.91. The van der Waals surface area contributed by atoms with Crippen LogP contribution in [-0.4, -0.2) is 18.0 Å². The van der Waals surface area contributed by atoms with Crippen molar-refractivity contribution in [2.45, 2.75) is 0 Å². The third-order valence-corrected chi connectivity index (χ3v) is 3.21. The van der Waals surface area contributed by atoms with E-state index in [1.54, 1.807) is 36.4 Å². The summed E-state index contributed by atoms with van der Waals surface area (Å²) in [6.07, 6.45) is 3.32. The van der Waals surface area contributed by atoms with E-state index in [2.05, 4.69) is 4.74 Å². The van der Waals surface area contributed by atoms with Crippen LogP contribution < -0.4 is 0 Å². The molecule has 0 radical (unpaired) electrons. The van der Waals surface area contributed by atoms with E-state index in [4.69, 9.17) is 11.6 Å². The summed E-state index contributed by atoms with van der Waals surface area (Å²) in [6, 6.07) is 11.1. The predicted octanol–water partition coefficient (Wildman–Crippen LogP) is 4.21. The maximum atomic E-state index is 11.3. The molecule has 2 rings (SSSR count). The minimum Gasteiger partial charge on any atom is -0.465 e. The number of nitrogens with zero attached hydrogens (tertiary/aromatic N) is 1. The number of nitro groups is 1. The van der Waals surface area contributed by atoms with Crippen LogP contribution in [0.4, 0.5) is 5.69 Å². The van der Waals surface area contributed by atoms with E-state index < -0.39 is 10.9 Å². The highest BCUT2D eigenvalue weighted by Gasteiger charge is 2.11. The topological polar surface area (TPSA) is 69.4 Å². The van der Waals surface area contributed by atoms with Crippen molar-refractivity contribution in [2.24, 2.45) is 0 Å². The molecule has 0 heterocycles. The molecule has 0 fully saturated rings. The van der Waals surface area contributed by atoms with Gasteiger partial charge in [0, 0.05) is 11.1 Å². The maximum absolute atomic E-state index is 11.3. The van der Waals surface area contributed by atoms with E-state index in [1.807, 2.05) is 0 Å². The van der Waals surface area contributed by atoms with Crippen molar-refractivity contribution in [3.8, 4) is 0 Å². The Morgan fingerprint density at radius 1 is 1.18 bits per heavy atom. The van der Waals surface area contributed by atoms with Crippen LogP contribution in [0.5, 0.6) is 0 Å². The Balaban J connectivity index is 2.27. The molecule has 0 aliphatic carbocycles. The van der Waals surface area contributed by atoms with Gasteiger partial charge in [0.05, 0.1) is 23.2 Å². The van der Waals surface area contributed by atoms with Crippen LogP contribution in [0.15, 0.2) is 42.5 Å². The molecule has 2 aromatic carbocycles. The Morgan fingerprint density at radius 2 is 1.86 bits per heavy atom. The SMILES string of the molecule is COC(=O)c1ccc(C=Cc2cc(Cl)ccc2[N+](=O)[O-])cc1. The van der Waals surface area contributed by atoms with Crippen molar-refractivity contribution in [1.82, 2.24) is 0 Å². The highest BCUT2D eigenvalue weighted by molar-refractivity contribution is 6.30. The van der Waals surface area contributed by atoms with E-state index in [9.17, 15) is 14.9 Å². The molecule has 0 amide bonds. The Bertz CT molecular complexity index is 738. The van der Waals surface area contributed by atoms with Gasteiger partial charge >= 0.3 is 5.97 Å². The van der Waals surface area contributed by atoms with E-state index in [0.29, 0.717) is 16.1 Å². The second kappa shape index (κ2) is 6.87. The summed E-state index contributed by atoms with van der Waals surface area (Å²) < 4.78 is 4.61. The van der Waals surface area contributed by atoms with Gasteiger partial charge in [0.1, 0.15) is 0 Å². The number of methoxy groups -OCH3 is 1.